The largest absolute Gasteiger partial charge is 0.497 e. The molecule has 2 heterocycles. The number of methoxy groups -OCH3 is 1. The molecule has 0 fully saturated rings. The lowest BCUT2D eigenvalue weighted by Gasteiger charge is -2.09. The van der Waals surface area contributed by atoms with E-state index in [0.29, 0.717) is 17.2 Å². The summed E-state index contributed by atoms with van der Waals surface area (Å²) in [6, 6.07) is 14.8. The van der Waals surface area contributed by atoms with Gasteiger partial charge in [0.25, 0.3) is 5.91 Å². The van der Waals surface area contributed by atoms with Gasteiger partial charge in [0.2, 0.25) is 0 Å². The van der Waals surface area contributed by atoms with Crippen molar-refractivity contribution in [1.82, 2.24) is 9.38 Å². The molecule has 0 unspecified atom stereocenters. The number of rotatable bonds is 6. The smallest absolute Gasteiger partial charge is 0.262 e. The van der Waals surface area contributed by atoms with E-state index in [2.05, 4.69) is 23.4 Å². The summed E-state index contributed by atoms with van der Waals surface area (Å²) in [6.45, 7) is 1.97. The Kier molecular flexibility index (Phi) is 4.99. The minimum Gasteiger partial charge on any atom is -0.497 e. The van der Waals surface area contributed by atoms with Gasteiger partial charge in [0, 0.05) is 34.6 Å². The fraction of sp³-hybridized carbons (Fsp3) is 0.143. The quantitative estimate of drug-likeness (QED) is 0.527. The Morgan fingerprint density at radius 2 is 1.96 bits per heavy atom. The van der Waals surface area contributed by atoms with Gasteiger partial charge < -0.3 is 14.8 Å². The number of amides is 1. The number of thiazole rings is 1. The van der Waals surface area contributed by atoms with Crippen LogP contribution in [0.15, 0.2) is 60.9 Å². The van der Waals surface area contributed by atoms with Gasteiger partial charge in [-0.3, -0.25) is 9.20 Å². The monoisotopic (exact) mass is 393 g/mol. The van der Waals surface area contributed by atoms with E-state index in [1.165, 1.54) is 4.88 Å². The highest BCUT2D eigenvalue weighted by Crippen LogP contribution is 2.25. The van der Waals surface area contributed by atoms with Crippen molar-refractivity contribution in [3.63, 3.8) is 0 Å². The molecule has 2 aromatic carbocycles. The molecular formula is C21H19N3O3S. The van der Waals surface area contributed by atoms with Crippen molar-refractivity contribution in [1.29, 1.82) is 0 Å². The van der Waals surface area contributed by atoms with Crippen LogP contribution in [0.4, 0.5) is 5.69 Å². The van der Waals surface area contributed by atoms with E-state index in [4.69, 9.17) is 9.47 Å². The molecule has 6 nitrogen and oxygen atoms in total. The van der Waals surface area contributed by atoms with E-state index in [0.717, 1.165) is 16.2 Å². The Balaban J connectivity index is 1.42. The van der Waals surface area contributed by atoms with E-state index in [1.807, 2.05) is 47.0 Å². The molecule has 28 heavy (non-hydrogen) atoms. The van der Waals surface area contributed by atoms with Gasteiger partial charge in [-0.05, 0) is 31.2 Å². The van der Waals surface area contributed by atoms with Crippen LogP contribution in [0.1, 0.15) is 4.88 Å². The summed E-state index contributed by atoms with van der Waals surface area (Å²) in [4.78, 5) is 19.1. The number of benzene rings is 2. The lowest BCUT2D eigenvalue weighted by Crippen LogP contribution is -2.20. The molecular weight excluding hydrogens is 374 g/mol. The Morgan fingerprint density at radius 1 is 1.14 bits per heavy atom. The van der Waals surface area contributed by atoms with Crippen molar-refractivity contribution in [3.05, 3.63) is 65.8 Å². The van der Waals surface area contributed by atoms with Gasteiger partial charge in [-0.2, -0.15) is 0 Å². The minimum absolute atomic E-state index is 0.0864. The van der Waals surface area contributed by atoms with Gasteiger partial charge >= 0.3 is 0 Å². The second-order valence-corrected chi connectivity index (χ2v) is 7.47. The highest BCUT2D eigenvalue weighted by Gasteiger charge is 2.09. The van der Waals surface area contributed by atoms with Crippen LogP contribution < -0.4 is 14.8 Å². The fourth-order valence-electron chi connectivity index (χ4n) is 2.84. The van der Waals surface area contributed by atoms with Crippen LogP contribution in [-0.4, -0.2) is 29.0 Å². The number of aromatic nitrogens is 2. The van der Waals surface area contributed by atoms with Gasteiger partial charge in [0.1, 0.15) is 11.5 Å². The lowest BCUT2D eigenvalue weighted by atomic mass is 10.1. The van der Waals surface area contributed by atoms with E-state index < -0.39 is 0 Å². The molecule has 0 aliphatic heterocycles. The number of ether oxygens (including phenoxy) is 2. The summed E-state index contributed by atoms with van der Waals surface area (Å²) in [7, 11) is 1.59. The van der Waals surface area contributed by atoms with E-state index in [1.54, 1.807) is 30.6 Å². The maximum absolute atomic E-state index is 12.2. The minimum atomic E-state index is -0.235. The zero-order chi connectivity index (χ0) is 19.5. The SMILES string of the molecule is COc1cccc(OCC(=O)Nc2cccc(-c3cn4cc(C)sc4n3)c2)c1. The van der Waals surface area contributed by atoms with Crippen molar-refractivity contribution >= 4 is 27.9 Å². The van der Waals surface area contributed by atoms with E-state index >= 15 is 0 Å². The summed E-state index contributed by atoms with van der Waals surface area (Å²) in [6.07, 6.45) is 4.05. The second-order valence-electron chi connectivity index (χ2n) is 6.25. The number of carbonyl (C=O) groups excluding carboxylic acids is 1. The number of fused-ring (bicyclic) bond motifs is 1. The third-order valence-corrected chi connectivity index (χ3v) is 5.04. The van der Waals surface area contributed by atoms with Gasteiger partial charge in [-0.25, -0.2) is 4.98 Å². The first kappa shape index (κ1) is 18.1. The average Bonchev–Trinajstić information content (AvgIpc) is 3.24. The number of nitrogens with one attached hydrogen (secondary N) is 1. The molecule has 2 aromatic heterocycles. The average molecular weight is 393 g/mol. The molecule has 0 bridgehead atoms. The Bertz CT molecular complexity index is 1100. The van der Waals surface area contributed by atoms with Crippen LogP contribution in [0.5, 0.6) is 11.5 Å². The predicted octanol–water partition coefficient (Wildman–Crippen LogP) is 4.40. The molecule has 0 aliphatic rings. The zero-order valence-corrected chi connectivity index (χ0v) is 16.3. The summed E-state index contributed by atoms with van der Waals surface area (Å²) in [5.41, 5.74) is 2.51. The van der Waals surface area contributed by atoms with Crippen molar-refractivity contribution in [2.24, 2.45) is 0 Å². The molecule has 142 valence electrons. The molecule has 1 N–H and O–H groups in total. The molecule has 0 radical (unpaired) electrons. The molecule has 0 saturated heterocycles. The van der Waals surface area contributed by atoms with Crippen LogP contribution in [-0.2, 0) is 4.79 Å². The normalized spacial score (nSPS) is 10.8. The Morgan fingerprint density at radius 3 is 2.79 bits per heavy atom. The molecule has 0 spiro atoms. The zero-order valence-electron chi connectivity index (χ0n) is 15.5. The highest BCUT2D eigenvalue weighted by atomic mass is 32.1. The van der Waals surface area contributed by atoms with Crippen molar-refractivity contribution < 1.29 is 14.3 Å². The number of hydrogen-bond acceptors (Lipinski definition) is 5. The summed E-state index contributed by atoms with van der Waals surface area (Å²) < 4.78 is 12.7. The first-order chi connectivity index (χ1) is 13.6. The first-order valence-corrected chi connectivity index (χ1v) is 9.54. The maximum atomic E-state index is 12.2. The van der Waals surface area contributed by atoms with Crippen molar-refractivity contribution in [3.8, 4) is 22.8 Å². The highest BCUT2D eigenvalue weighted by molar-refractivity contribution is 7.17. The molecule has 0 saturated carbocycles. The molecule has 4 aromatic rings. The number of hydrogen-bond donors (Lipinski definition) is 1. The third kappa shape index (κ3) is 3.99. The van der Waals surface area contributed by atoms with Gasteiger partial charge in [-0.15, -0.1) is 11.3 Å². The molecule has 0 aliphatic carbocycles. The molecule has 4 rings (SSSR count). The van der Waals surface area contributed by atoms with E-state index in [-0.39, 0.29) is 12.5 Å². The van der Waals surface area contributed by atoms with Crippen molar-refractivity contribution in [2.45, 2.75) is 6.92 Å². The fourth-order valence-corrected chi connectivity index (χ4v) is 3.65. The van der Waals surface area contributed by atoms with Gasteiger partial charge in [0.15, 0.2) is 11.6 Å². The first-order valence-electron chi connectivity index (χ1n) is 8.73. The van der Waals surface area contributed by atoms with Crippen LogP contribution >= 0.6 is 11.3 Å². The van der Waals surface area contributed by atoms with Crippen LogP contribution in [0, 0.1) is 6.92 Å². The standard InChI is InChI=1S/C21H19N3O3S/c1-14-11-24-12-19(23-21(24)28-14)15-5-3-6-16(9-15)22-20(25)13-27-18-8-4-7-17(10-18)26-2/h3-12H,13H2,1-2H3,(H,22,25). The second kappa shape index (κ2) is 7.74. The molecule has 0 atom stereocenters. The summed E-state index contributed by atoms with van der Waals surface area (Å²) in [5.74, 6) is 1.03. The van der Waals surface area contributed by atoms with Crippen LogP contribution in [0.25, 0.3) is 16.2 Å². The van der Waals surface area contributed by atoms with Crippen LogP contribution in [0.2, 0.25) is 0 Å². The Hall–Kier alpha value is -3.32. The number of anilines is 1. The molecule has 7 heteroatoms. The van der Waals surface area contributed by atoms with Crippen LogP contribution in [0.3, 0.4) is 0 Å². The molecule has 1 amide bonds. The lowest BCUT2D eigenvalue weighted by molar-refractivity contribution is -0.118. The van der Waals surface area contributed by atoms with E-state index in [9.17, 15) is 4.79 Å². The Labute approximate surface area is 166 Å². The predicted molar refractivity (Wildman–Crippen MR) is 110 cm³/mol. The number of nitrogens with zero attached hydrogens (tertiary/aromatic N) is 2. The topological polar surface area (TPSA) is 64.9 Å². The number of aryl methyl sites for hydroxylation is 1. The van der Waals surface area contributed by atoms with Crippen molar-refractivity contribution in [2.75, 3.05) is 19.0 Å². The summed E-state index contributed by atoms with van der Waals surface area (Å²) >= 11 is 1.65. The third-order valence-electron chi connectivity index (χ3n) is 4.12. The van der Waals surface area contributed by atoms with Gasteiger partial charge in [0.05, 0.1) is 12.8 Å². The maximum Gasteiger partial charge on any atom is 0.262 e. The summed E-state index contributed by atoms with van der Waals surface area (Å²) in [5, 5.41) is 2.86. The number of imidazole rings is 1. The number of carbonyl (C=O) groups is 1. The van der Waals surface area contributed by atoms with Gasteiger partial charge in [-0.1, -0.05) is 18.2 Å².